The quantitative estimate of drug-likeness (QED) is 0.890. The molecule has 2 aromatic heterocycles. The highest BCUT2D eigenvalue weighted by molar-refractivity contribution is 5.16. The van der Waals surface area contributed by atoms with Gasteiger partial charge in [-0.15, -0.1) is 0 Å². The Kier molecular flexibility index (Phi) is 3.16. The highest BCUT2D eigenvalue weighted by Crippen LogP contribution is 2.28. The molecule has 0 saturated carbocycles. The normalized spacial score (nSPS) is 19.1. The number of nitrogens with one attached hydrogen (secondary N) is 1. The zero-order valence-corrected chi connectivity index (χ0v) is 11.3. The number of hydrogen-bond acceptors (Lipinski definition) is 4. The molecule has 2 aromatic rings. The predicted molar refractivity (Wildman–Crippen MR) is 70.7 cm³/mol. The monoisotopic (exact) mass is 261 g/mol. The minimum atomic E-state index is -0.0209. The number of ether oxygens (including phenoxy) is 1. The molecule has 3 heterocycles. The number of furan rings is 1. The molecule has 1 N–H and O–H groups in total. The number of aryl methyl sites for hydroxylation is 1. The van der Waals surface area contributed by atoms with Crippen LogP contribution in [-0.4, -0.2) is 29.3 Å². The van der Waals surface area contributed by atoms with Gasteiger partial charge in [0.15, 0.2) is 0 Å². The lowest BCUT2D eigenvalue weighted by Gasteiger charge is -2.39. The molecule has 1 aliphatic rings. The van der Waals surface area contributed by atoms with Crippen molar-refractivity contribution in [1.82, 2.24) is 14.9 Å². The largest absolute Gasteiger partial charge is 0.467 e. The Bertz CT molecular complexity index is 529. The van der Waals surface area contributed by atoms with Crippen molar-refractivity contribution >= 4 is 0 Å². The van der Waals surface area contributed by atoms with Gasteiger partial charge in [-0.1, -0.05) is 6.92 Å². The smallest absolute Gasteiger partial charge is 0.133 e. The first-order valence-electron chi connectivity index (χ1n) is 6.50. The van der Waals surface area contributed by atoms with Crippen molar-refractivity contribution in [3.63, 3.8) is 0 Å². The molecule has 1 fully saturated rings. The first-order valence-corrected chi connectivity index (χ1v) is 6.50. The van der Waals surface area contributed by atoms with E-state index in [4.69, 9.17) is 9.15 Å². The summed E-state index contributed by atoms with van der Waals surface area (Å²) in [5.74, 6) is 1.84. The van der Waals surface area contributed by atoms with Crippen LogP contribution in [0.4, 0.5) is 0 Å². The molecule has 0 bridgehead atoms. The van der Waals surface area contributed by atoms with Gasteiger partial charge >= 0.3 is 0 Å². The maximum Gasteiger partial charge on any atom is 0.133 e. The first kappa shape index (κ1) is 12.4. The topological polar surface area (TPSA) is 52.2 Å². The molecule has 0 aliphatic carbocycles. The van der Waals surface area contributed by atoms with Crippen LogP contribution in [0.15, 0.2) is 35.2 Å². The third-order valence-electron chi connectivity index (χ3n) is 3.58. The van der Waals surface area contributed by atoms with Gasteiger partial charge in [0.25, 0.3) is 0 Å². The zero-order chi connectivity index (χ0) is 13.3. The third kappa shape index (κ3) is 2.43. The van der Waals surface area contributed by atoms with Crippen molar-refractivity contribution in [2.24, 2.45) is 12.5 Å². The van der Waals surface area contributed by atoms with E-state index in [1.807, 2.05) is 29.9 Å². The van der Waals surface area contributed by atoms with Crippen LogP contribution in [0.2, 0.25) is 0 Å². The summed E-state index contributed by atoms with van der Waals surface area (Å²) in [5.41, 5.74) is 0.218. The summed E-state index contributed by atoms with van der Waals surface area (Å²) in [6, 6.07) is 3.86. The summed E-state index contributed by atoms with van der Waals surface area (Å²) >= 11 is 0. The van der Waals surface area contributed by atoms with Crippen LogP contribution in [0, 0.1) is 5.41 Å². The van der Waals surface area contributed by atoms with Gasteiger partial charge in [0.2, 0.25) is 0 Å². The molecular weight excluding hydrogens is 242 g/mol. The molecule has 5 nitrogen and oxygen atoms in total. The lowest BCUT2D eigenvalue weighted by Crippen LogP contribution is -2.48. The summed E-state index contributed by atoms with van der Waals surface area (Å²) in [7, 11) is 1.99. The Morgan fingerprint density at radius 3 is 2.89 bits per heavy atom. The first-order chi connectivity index (χ1) is 9.18. The van der Waals surface area contributed by atoms with Gasteiger partial charge in [-0.25, -0.2) is 4.98 Å². The SMILES string of the molecule is Cn1ccnc1C(NCC1(C)COC1)c1ccco1. The molecule has 3 rings (SSSR count). The molecular formula is C14H19N3O2. The van der Waals surface area contributed by atoms with E-state index in [0.717, 1.165) is 31.3 Å². The molecule has 102 valence electrons. The van der Waals surface area contributed by atoms with Gasteiger partial charge in [0.05, 0.1) is 19.5 Å². The van der Waals surface area contributed by atoms with E-state index < -0.39 is 0 Å². The van der Waals surface area contributed by atoms with Crippen LogP contribution >= 0.6 is 0 Å². The summed E-state index contributed by atoms with van der Waals surface area (Å²) < 4.78 is 12.8. The van der Waals surface area contributed by atoms with E-state index in [9.17, 15) is 0 Å². The number of imidazole rings is 1. The fraction of sp³-hybridized carbons (Fsp3) is 0.500. The minimum Gasteiger partial charge on any atom is -0.467 e. The maximum absolute atomic E-state index is 5.54. The Morgan fingerprint density at radius 2 is 2.37 bits per heavy atom. The van der Waals surface area contributed by atoms with E-state index in [-0.39, 0.29) is 11.5 Å². The minimum absolute atomic E-state index is 0.0209. The number of rotatable bonds is 5. The van der Waals surface area contributed by atoms with Gasteiger partial charge in [0, 0.05) is 31.4 Å². The second-order valence-corrected chi connectivity index (χ2v) is 5.53. The van der Waals surface area contributed by atoms with Gasteiger partial charge < -0.3 is 19.0 Å². The van der Waals surface area contributed by atoms with E-state index in [1.54, 1.807) is 12.5 Å². The summed E-state index contributed by atoms with van der Waals surface area (Å²) in [4.78, 5) is 4.43. The van der Waals surface area contributed by atoms with E-state index >= 15 is 0 Å². The van der Waals surface area contributed by atoms with E-state index in [1.165, 1.54) is 0 Å². The average Bonchev–Trinajstić information content (AvgIpc) is 3.00. The van der Waals surface area contributed by atoms with Crippen LogP contribution in [0.3, 0.4) is 0 Å². The molecule has 19 heavy (non-hydrogen) atoms. The maximum atomic E-state index is 5.54. The van der Waals surface area contributed by atoms with E-state index in [0.29, 0.717) is 0 Å². The summed E-state index contributed by atoms with van der Waals surface area (Å²) in [5, 5.41) is 3.55. The fourth-order valence-corrected chi connectivity index (χ4v) is 2.33. The molecule has 0 spiro atoms. The molecule has 0 aromatic carbocycles. The van der Waals surface area contributed by atoms with Gasteiger partial charge in [-0.2, -0.15) is 0 Å². The van der Waals surface area contributed by atoms with Gasteiger partial charge in [-0.05, 0) is 12.1 Å². The molecule has 1 unspecified atom stereocenters. The third-order valence-corrected chi connectivity index (χ3v) is 3.58. The van der Waals surface area contributed by atoms with Crippen LogP contribution in [-0.2, 0) is 11.8 Å². The van der Waals surface area contributed by atoms with E-state index in [2.05, 4.69) is 17.2 Å². The summed E-state index contributed by atoms with van der Waals surface area (Å²) in [6.07, 6.45) is 5.45. The predicted octanol–water partition coefficient (Wildman–Crippen LogP) is 1.73. The second kappa shape index (κ2) is 4.83. The number of aromatic nitrogens is 2. The molecule has 0 radical (unpaired) electrons. The van der Waals surface area contributed by atoms with Crippen LogP contribution in [0.25, 0.3) is 0 Å². The van der Waals surface area contributed by atoms with Crippen molar-refractivity contribution in [1.29, 1.82) is 0 Å². The highest BCUT2D eigenvalue weighted by atomic mass is 16.5. The van der Waals surface area contributed by atoms with Gasteiger partial charge in [-0.3, -0.25) is 0 Å². The van der Waals surface area contributed by atoms with Crippen molar-refractivity contribution in [3.8, 4) is 0 Å². The lowest BCUT2D eigenvalue weighted by atomic mass is 9.88. The van der Waals surface area contributed by atoms with Crippen molar-refractivity contribution in [3.05, 3.63) is 42.4 Å². The second-order valence-electron chi connectivity index (χ2n) is 5.53. The molecule has 1 aliphatic heterocycles. The molecule has 1 atom stereocenters. The lowest BCUT2D eigenvalue weighted by molar-refractivity contribution is -0.0999. The Labute approximate surface area is 112 Å². The van der Waals surface area contributed by atoms with Crippen LogP contribution in [0.1, 0.15) is 24.6 Å². The zero-order valence-electron chi connectivity index (χ0n) is 11.3. The Morgan fingerprint density at radius 1 is 1.53 bits per heavy atom. The number of nitrogens with zero attached hydrogens (tertiary/aromatic N) is 2. The van der Waals surface area contributed by atoms with Crippen LogP contribution in [0.5, 0.6) is 0 Å². The van der Waals surface area contributed by atoms with Crippen molar-refractivity contribution < 1.29 is 9.15 Å². The molecule has 0 amide bonds. The Hall–Kier alpha value is -1.59. The Balaban J connectivity index is 1.79. The fourth-order valence-electron chi connectivity index (χ4n) is 2.33. The average molecular weight is 261 g/mol. The van der Waals surface area contributed by atoms with Crippen LogP contribution < -0.4 is 5.32 Å². The standard InChI is InChI=1S/C14H19N3O2/c1-14(9-18-10-14)8-16-12(11-4-3-7-19-11)13-15-5-6-17(13)2/h3-7,12,16H,8-10H2,1-2H3. The number of hydrogen-bond donors (Lipinski definition) is 1. The van der Waals surface area contributed by atoms with Crippen molar-refractivity contribution in [2.75, 3.05) is 19.8 Å². The summed E-state index contributed by atoms with van der Waals surface area (Å²) in [6.45, 7) is 4.73. The highest BCUT2D eigenvalue weighted by Gasteiger charge is 2.34. The van der Waals surface area contributed by atoms with Gasteiger partial charge in [0.1, 0.15) is 17.6 Å². The van der Waals surface area contributed by atoms with Crippen molar-refractivity contribution in [2.45, 2.75) is 13.0 Å². The molecule has 5 heteroatoms. The molecule has 1 saturated heterocycles.